The molecule has 4 rings (SSSR count). The Morgan fingerprint density at radius 3 is 2.05 bits per heavy atom. The van der Waals surface area contributed by atoms with Crippen LogP contribution in [0.2, 0.25) is 5.28 Å². The first-order valence-corrected chi connectivity index (χ1v) is 15.0. The van der Waals surface area contributed by atoms with Crippen molar-refractivity contribution >= 4 is 81.7 Å². The molecule has 0 aliphatic carbocycles. The van der Waals surface area contributed by atoms with Gasteiger partial charge in [-0.2, -0.15) is 40.2 Å². The highest BCUT2D eigenvalue weighted by Crippen LogP contribution is 2.46. The molecule has 0 aliphatic heterocycles. The van der Waals surface area contributed by atoms with Crippen LogP contribution in [0.15, 0.2) is 61.3 Å². The molecule has 18 nitrogen and oxygen atoms in total. The van der Waals surface area contributed by atoms with Crippen molar-refractivity contribution in [2.45, 2.75) is 14.7 Å². The van der Waals surface area contributed by atoms with E-state index in [9.17, 15) is 49.1 Å². The van der Waals surface area contributed by atoms with Crippen LogP contribution in [0, 0.1) is 0 Å². The predicted octanol–water partition coefficient (Wildman–Crippen LogP) is 2.57. The number of hydrogen-bond acceptors (Lipinski definition) is 15. The number of halogens is 1. The molecule has 0 fully saturated rings. The third-order valence-electron chi connectivity index (χ3n) is 5.07. The Morgan fingerprint density at radius 1 is 0.805 bits per heavy atom. The van der Waals surface area contributed by atoms with E-state index < -0.39 is 78.6 Å². The standard InChI is InChI=1S/C19H14ClN7O11S3/c20-17-23-18(21)25-19(24-17)22-11-6-9(40(33,34)35)3-7-4-13(41(36,37)38)15(16(29)14(7)11)27-26-10-5-8(39(30,31)32)1-2-12(10)28/h1-6,28-29H,(H,30,31,32)(H,33,34,35)(H,36,37,38)(H3,21,22,23,24,25). The van der Waals surface area contributed by atoms with Crippen molar-refractivity contribution in [3.8, 4) is 11.5 Å². The van der Waals surface area contributed by atoms with Crippen LogP contribution in [0.25, 0.3) is 10.8 Å². The van der Waals surface area contributed by atoms with Gasteiger partial charge < -0.3 is 21.3 Å². The van der Waals surface area contributed by atoms with E-state index in [-0.39, 0.29) is 23.0 Å². The molecule has 0 amide bonds. The fourth-order valence-corrected chi connectivity index (χ4v) is 5.26. The van der Waals surface area contributed by atoms with Gasteiger partial charge in [0.25, 0.3) is 30.4 Å². The lowest BCUT2D eigenvalue weighted by Gasteiger charge is -2.15. The number of phenols is 2. The zero-order valence-electron chi connectivity index (χ0n) is 19.6. The van der Waals surface area contributed by atoms with Gasteiger partial charge in [0, 0.05) is 5.39 Å². The van der Waals surface area contributed by atoms with Crippen LogP contribution in [0.3, 0.4) is 0 Å². The number of nitrogens with two attached hydrogens (primary N) is 1. The highest BCUT2D eigenvalue weighted by molar-refractivity contribution is 7.86. The van der Waals surface area contributed by atoms with Crippen molar-refractivity contribution < 1.29 is 49.1 Å². The van der Waals surface area contributed by atoms with Crippen LogP contribution in [-0.2, 0) is 30.4 Å². The van der Waals surface area contributed by atoms with E-state index in [1.165, 1.54) is 0 Å². The first-order valence-electron chi connectivity index (χ1n) is 10.3. The third kappa shape index (κ3) is 6.40. The largest absolute Gasteiger partial charge is 0.506 e. The third-order valence-corrected chi connectivity index (χ3v) is 7.79. The molecule has 0 unspecified atom stereocenters. The number of nitrogen functional groups attached to an aromatic ring is 1. The molecular weight excluding hydrogens is 634 g/mol. The van der Waals surface area contributed by atoms with Gasteiger partial charge >= 0.3 is 0 Å². The Kier molecular flexibility index (Phi) is 7.47. The summed E-state index contributed by atoms with van der Waals surface area (Å²) in [7, 11) is -14.9. The van der Waals surface area contributed by atoms with E-state index in [1.807, 2.05) is 0 Å². The number of hydrogen-bond donors (Lipinski definition) is 7. The molecule has 8 N–H and O–H groups in total. The molecule has 0 saturated heterocycles. The van der Waals surface area contributed by atoms with E-state index in [1.54, 1.807) is 0 Å². The summed E-state index contributed by atoms with van der Waals surface area (Å²) < 4.78 is 99.7. The summed E-state index contributed by atoms with van der Waals surface area (Å²) in [5.41, 5.74) is 3.56. The maximum atomic E-state index is 12.2. The molecular formula is C19H14ClN7O11S3. The van der Waals surface area contributed by atoms with Gasteiger partial charge in [-0.1, -0.05) is 0 Å². The number of phenolic OH excluding ortho intramolecular Hbond substituents is 2. The lowest BCUT2D eigenvalue weighted by Crippen LogP contribution is -2.06. The Morgan fingerprint density at radius 2 is 1.46 bits per heavy atom. The second-order valence-electron chi connectivity index (χ2n) is 7.83. The molecule has 41 heavy (non-hydrogen) atoms. The second kappa shape index (κ2) is 10.3. The molecule has 0 aliphatic rings. The number of rotatable bonds is 7. The number of benzene rings is 3. The number of aromatic hydroxyl groups is 2. The Hall–Kier alpha value is -4.25. The normalized spacial score (nSPS) is 12.7. The molecule has 0 atom stereocenters. The zero-order chi connectivity index (χ0) is 30.5. The quantitative estimate of drug-likeness (QED) is 0.112. The summed E-state index contributed by atoms with van der Waals surface area (Å²) in [5, 5.41) is 29.5. The first kappa shape index (κ1) is 29.7. The zero-order valence-corrected chi connectivity index (χ0v) is 22.8. The summed E-state index contributed by atoms with van der Waals surface area (Å²) in [4.78, 5) is 8.38. The van der Waals surface area contributed by atoms with Gasteiger partial charge in [-0.15, -0.1) is 10.2 Å². The maximum Gasteiger partial charge on any atom is 0.296 e. The summed E-state index contributed by atoms with van der Waals surface area (Å²) in [6.45, 7) is 0. The van der Waals surface area contributed by atoms with Gasteiger partial charge in [0.05, 0.1) is 15.5 Å². The molecule has 0 saturated carbocycles. The van der Waals surface area contributed by atoms with Crippen LogP contribution < -0.4 is 11.1 Å². The van der Waals surface area contributed by atoms with E-state index in [0.717, 1.165) is 24.3 Å². The topological polar surface area (TPSA) is 305 Å². The molecule has 1 heterocycles. The number of anilines is 3. The van der Waals surface area contributed by atoms with Crippen molar-refractivity contribution in [3.63, 3.8) is 0 Å². The van der Waals surface area contributed by atoms with Crippen LogP contribution in [0.5, 0.6) is 11.5 Å². The van der Waals surface area contributed by atoms with Gasteiger partial charge in [-0.3, -0.25) is 13.7 Å². The van der Waals surface area contributed by atoms with E-state index >= 15 is 0 Å². The van der Waals surface area contributed by atoms with Gasteiger partial charge in [0.2, 0.25) is 17.2 Å². The van der Waals surface area contributed by atoms with Gasteiger partial charge in [0.1, 0.15) is 22.0 Å². The minimum atomic E-state index is -5.24. The average Bonchev–Trinajstić information content (AvgIpc) is 2.81. The summed E-state index contributed by atoms with van der Waals surface area (Å²) in [6.07, 6.45) is 0. The van der Waals surface area contributed by atoms with Crippen molar-refractivity contribution in [3.05, 3.63) is 41.7 Å². The maximum absolute atomic E-state index is 12.2. The molecule has 0 spiro atoms. The lowest BCUT2D eigenvalue weighted by molar-refractivity contribution is 0.471. The van der Waals surface area contributed by atoms with Gasteiger partial charge in [0.15, 0.2) is 5.75 Å². The Balaban J connectivity index is 2.04. The molecule has 3 aromatic carbocycles. The van der Waals surface area contributed by atoms with Gasteiger partial charge in [-0.25, -0.2) is 0 Å². The Bertz CT molecular complexity index is 2090. The second-order valence-corrected chi connectivity index (χ2v) is 12.4. The fraction of sp³-hybridized carbons (Fsp3) is 0. The number of fused-ring (bicyclic) bond motifs is 1. The van der Waals surface area contributed by atoms with Crippen LogP contribution in [0.1, 0.15) is 0 Å². The van der Waals surface area contributed by atoms with Crippen molar-refractivity contribution in [1.82, 2.24) is 15.0 Å². The van der Waals surface area contributed by atoms with Gasteiger partial charge in [-0.05, 0) is 53.4 Å². The number of nitrogens with zero attached hydrogens (tertiary/aromatic N) is 5. The molecule has 1 aromatic heterocycles. The minimum Gasteiger partial charge on any atom is -0.506 e. The van der Waals surface area contributed by atoms with Crippen LogP contribution in [0.4, 0.5) is 29.0 Å². The molecule has 216 valence electrons. The summed E-state index contributed by atoms with van der Waals surface area (Å²) in [5.74, 6) is -2.49. The summed E-state index contributed by atoms with van der Waals surface area (Å²) in [6, 6.07) is 4.53. The number of azo groups is 1. The highest BCUT2D eigenvalue weighted by Gasteiger charge is 2.26. The average molecular weight is 648 g/mol. The van der Waals surface area contributed by atoms with Crippen molar-refractivity contribution in [1.29, 1.82) is 0 Å². The van der Waals surface area contributed by atoms with Crippen molar-refractivity contribution in [2.24, 2.45) is 10.2 Å². The fourth-order valence-electron chi connectivity index (χ4n) is 3.39. The predicted molar refractivity (Wildman–Crippen MR) is 140 cm³/mol. The summed E-state index contributed by atoms with van der Waals surface area (Å²) >= 11 is 5.75. The lowest BCUT2D eigenvalue weighted by atomic mass is 10.1. The number of aromatic nitrogens is 3. The van der Waals surface area contributed by atoms with E-state index in [2.05, 4.69) is 30.5 Å². The molecule has 0 bridgehead atoms. The van der Waals surface area contributed by atoms with E-state index in [0.29, 0.717) is 12.1 Å². The first-order chi connectivity index (χ1) is 18.8. The number of nitrogens with one attached hydrogen (secondary N) is 1. The SMILES string of the molecule is Nc1nc(Cl)nc(Nc2cc(S(=O)(=O)O)cc3cc(S(=O)(=O)O)c(N=Nc4cc(S(=O)(=O)O)ccc4O)c(O)c23)n1. The Labute approximate surface area is 234 Å². The smallest absolute Gasteiger partial charge is 0.296 e. The molecule has 4 aromatic rings. The highest BCUT2D eigenvalue weighted by atomic mass is 35.5. The molecule has 22 heteroatoms. The van der Waals surface area contributed by atoms with E-state index in [4.69, 9.17) is 17.3 Å². The minimum absolute atomic E-state index is 0.373. The van der Waals surface area contributed by atoms with Crippen LogP contribution >= 0.6 is 11.6 Å². The van der Waals surface area contributed by atoms with Crippen LogP contribution in [-0.4, -0.2) is 64.1 Å². The molecule has 0 radical (unpaired) electrons. The van der Waals surface area contributed by atoms with Crippen molar-refractivity contribution in [2.75, 3.05) is 11.1 Å². The monoisotopic (exact) mass is 647 g/mol.